The van der Waals surface area contributed by atoms with Crippen molar-refractivity contribution < 1.29 is 0 Å². The number of hydrogen-bond acceptors (Lipinski definition) is 3. The number of nitrogens with zero attached hydrogens (tertiary/aromatic N) is 2. The van der Waals surface area contributed by atoms with E-state index < -0.39 is 0 Å². The van der Waals surface area contributed by atoms with Crippen LogP contribution in [0.3, 0.4) is 0 Å². The molecular weight excluding hydrogens is 344 g/mol. The quantitative estimate of drug-likeness (QED) is 0.689. The van der Waals surface area contributed by atoms with Gasteiger partial charge in [-0.05, 0) is 68.4 Å². The van der Waals surface area contributed by atoms with Crippen molar-refractivity contribution in [1.82, 2.24) is 14.9 Å². The van der Waals surface area contributed by atoms with Crippen molar-refractivity contribution in [2.75, 3.05) is 11.9 Å². The van der Waals surface area contributed by atoms with Crippen molar-refractivity contribution in [2.24, 2.45) is 0 Å². The Balaban J connectivity index is 1.80. The summed E-state index contributed by atoms with van der Waals surface area (Å²) in [5, 5.41) is 4.48. The van der Waals surface area contributed by atoms with Crippen LogP contribution in [0.15, 0.2) is 47.3 Å². The fourth-order valence-electron chi connectivity index (χ4n) is 2.97. The van der Waals surface area contributed by atoms with Crippen LogP contribution in [0, 0.1) is 13.8 Å². The third-order valence-corrected chi connectivity index (χ3v) is 4.50. The van der Waals surface area contributed by atoms with Crippen LogP contribution in [0.4, 0.5) is 5.69 Å². The zero-order valence-electron chi connectivity index (χ0n) is 15.2. The average Bonchev–Trinajstić information content (AvgIpc) is 2.58. The van der Waals surface area contributed by atoms with Crippen LogP contribution >= 0.6 is 12.2 Å². The lowest BCUT2D eigenvalue weighted by Gasteiger charge is -2.24. The van der Waals surface area contributed by atoms with Crippen molar-refractivity contribution in [3.05, 3.63) is 69.8 Å². The maximum absolute atomic E-state index is 12.2. The second-order valence-electron chi connectivity index (χ2n) is 6.35. The summed E-state index contributed by atoms with van der Waals surface area (Å²) in [5.41, 5.74) is 3.88. The fraction of sp³-hybridized carbons (Fsp3) is 0.250. The maximum Gasteiger partial charge on any atom is 0.258 e. The molecule has 0 fully saturated rings. The number of nitrogens with one attached hydrogen (secondary N) is 2. The van der Waals surface area contributed by atoms with Crippen LogP contribution in [0.2, 0.25) is 0 Å². The van der Waals surface area contributed by atoms with Crippen molar-refractivity contribution in [2.45, 2.75) is 27.3 Å². The van der Waals surface area contributed by atoms with Crippen LogP contribution in [0.5, 0.6) is 0 Å². The lowest BCUT2D eigenvalue weighted by molar-refractivity contribution is 0.429. The molecule has 3 rings (SSSR count). The summed E-state index contributed by atoms with van der Waals surface area (Å²) in [7, 11) is 0. The Kier molecular flexibility index (Phi) is 5.32. The molecule has 2 aromatic carbocycles. The first-order valence-corrected chi connectivity index (χ1v) is 8.99. The fourth-order valence-corrected chi connectivity index (χ4v) is 3.28. The normalized spacial score (nSPS) is 10.7. The molecule has 0 saturated carbocycles. The number of anilines is 1. The van der Waals surface area contributed by atoms with Crippen molar-refractivity contribution in [3.8, 4) is 0 Å². The number of fused-ring (bicyclic) bond motifs is 1. The standard InChI is InChI=1S/C20H22N4OS/c1-4-24(20(26)21-15-10-13(2)9-14(3)11-15)12-18-22-17-8-6-5-7-16(17)19(25)23-18/h5-11H,4,12H2,1-3H3,(H,21,26)(H,22,23,25). The third kappa shape index (κ3) is 4.08. The van der Waals surface area contributed by atoms with Gasteiger partial charge in [0.25, 0.3) is 5.56 Å². The zero-order chi connectivity index (χ0) is 18.7. The van der Waals surface area contributed by atoms with Gasteiger partial charge in [0, 0.05) is 12.2 Å². The molecule has 0 aliphatic heterocycles. The summed E-state index contributed by atoms with van der Waals surface area (Å²) in [6, 6.07) is 13.6. The van der Waals surface area contributed by atoms with Gasteiger partial charge in [-0.1, -0.05) is 18.2 Å². The Morgan fingerprint density at radius 3 is 2.58 bits per heavy atom. The Morgan fingerprint density at radius 1 is 1.19 bits per heavy atom. The van der Waals surface area contributed by atoms with Gasteiger partial charge in [-0.2, -0.15) is 0 Å². The number of aromatic amines is 1. The summed E-state index contributed by atoms with van der Waals surface area (Å²) in [4.78, 5) is 21.6. The highest BCUT2D eigenvalue weighted by Gasteiger charge is 2.12. The SMILES string of the molecule is CCN(Cc1nc2ccccc2c(=O)[nH]1)C(=S)Nc1cc(C)cc(C)c1. The van der Waals surface area contributed by atoms with Crippen LogP contribution in [-0.4, -0.2) is 26.5 Å². The van der Waals surface area contributed by atoms with E-state index in [0.29, 0.717) is 34.9 Å². The van der Waals surface area contributed by atoms with Crippen LogP contribution in [0.1, 0.15) is 23.9 Å². The molecule has 0 radical (unpaired) electrons. The molecule has 0 aliphatic carbocycles. The van der Waals surface area contributed by atoms with E-state index >= 15 is 0 Å². The molecule has 1 heterocycles. The third-order valence-electron chi connectivity index (χ3n) is 4.14. The molecule has 0 spiro atoms. The van der Waals surface area contributed by atoms with Gasteiger partial charge in [0.05, 0.1) is 17.4 Å². The molecule has 26 heavy (non-hydrogen) atoms. The minimum Gasteiger partial charge on any atom is -0.342 e. The largest absolute Gasteiger partial charge is 0.342 e. The zero-order valence-corrected chi connectivity index (χ0v) is 16.0. The first-order chi connectivity index (χ1) is 12.5. The molecule has 0 amide bonds. The van der Waals surface area contributed by atoms with E-state index in [0.717, 1.165) is 5.69 Å². The molecule has 5 nitrogen and oxygen atoms in total. The second kappa shape index (κ2) is 7.66. The molecule has 0 bridgehead atoms. The summed E-state index contributed by atoms with van der Waals surface area (Å²) in [5.74, 6) is 0.597. The van der Waals surface area contributed by atoms with Crippen molar-refractivity contribution >= 4 is 33.9 Å². The Hall–Kier alpha value is -2.73. The monoisotopic (exact) mass is 366 g/mol. The minimum absolute atomic E-state index is 0.130. The highest BCUT2D eigenvalue weighted by molar-refractivity contribution is 7.80. The first kappa shape index (κ1) is 18.1. The topological polar surface area (TPSA) is 61.0 Å². The molecular formula is C20H22N4OS. The molecule has 2 N–H and O–H groups in total. The van der Waals surface area contributed by atoms with Crippen LogP contribution in [0.25, 0.3) is 10.9 Å². The number of aromatic nitrogens is 2. The van der Waals surface area contributed by atoms with Crippen LogP contribution in [-0.2, 0) is 6.54 Å². The molecule has 134 valence electrons. The smallest absolute Gasteiger partial charge is 0.258 e. The minimum atomic E-state index is -0.130. The van der Waals surface area contributed by atoms with E-state index in [9.17, 15) is 4.79 Å². The number of aryl methyl sites for hydroxylation is 2. The number of rotatable bonds is 4. The van der Waals surface area contributed by atoms with Gasteiger partial charge in [0.2, 0.25) is 0 Å². The van der Waals surface area contributed by atoms with Gasteiger partial charge in [-0.15, -0.1) is 0 Å². The second-order valence-corrected chi connectivity index (χ2v) is 6.74. The Bertz CT molecular complexity index is 992. The van der Waals surface area contributed by atoms with E-state index in [1.54, 1.807) is 6.07 Å². The maximum atomic E-state index is 12.2. The number of para-hydroxylation sites is 1. The highest BCUT2D eigenvalue weighted by Crippen LogP contribution is 2.15. The first-order valence-electron chi connectivity index (χ1n) is 8.58. The van der Waals surface area contributed by atoms with Crippen molar-refractivity contribution in [1.29, 1.82) is 0 Å². The summed E-state index contributed by atoms with van der Waals surface area (Å²) < 4.78 is 0. The number of H-pyrrole nitrogens is 1. The van der Waals surface area contributed by atoms with E-state index in [4.69, 9.17) is 12.2 Å². The van der Waals surface area contributed by atoms with E-state index in [2.05, 4.69) is 47.3 Å². The molecule has 1 aromatic heterocycles. The molecule has 6 heteroatoms. The summed E-state index contributed by atoms with van der Waals surface area (Å²) in [6.07, 6.45) is 0. The number of thiocarbonyl (C=S) groups is 1. The number of benzene rings is 2. The molecule has 0 atom stereocenters. The van der Waals surface area contributed by atoms with E-state index in [1.165, 1.54) is 11.1 Å². The average molecular weight is 366 g/mol. The summed E-state index contributed by atoms with van der Waals surface area (Å²) >= 11 is 5.57. The predicted molar refractivity (Wildman–Crippen MR) is 111 cm³/mol. The predicted octanol–water partition coefficient (Wildman–Crippen LogP) is 3.76. The van der Waals surface area contributed by atoms with Crippen LogP contribution < -0.4 is 10.9 Å². The van der Waals surface area contributed by atoms with Gasteiger partial charge in [0.15, 0.2) is 5.11 Å². The molecule has 0 unspecified atom stereocenters. The highest BCUT2D eigenvalue weighted by atomic mass is 32.1. The van der Waals surface area contributed by atoms with Crippen molar-refractivity contribution in [3.63, 3.8) is 0 Å². The van der Waals surface area contributed by atoms with Gasteiger partial charge in [0.1, 0.15) is 5.82 Å². The number of hydrogen-bond donors (Lipinski definition) is 2. The summed E-state index contributed by atoms with van der Waals surface area (Å²) in [6.45, 7) is 7.28. The van der Waals surface area contributed by atoms with Gasteiger partial charge in [-0.3, -0.25) is 4.79 Å². The lowest BCUT2D eigenvalue weighted by Crippen LogP contribution is -2.35. The molecule has 0 aliphatic rings. The van der Waals surface area contributed by atoms with Gasteiger partial charge >= 0.3 is 0 Å². The van der Waals surface area contributed by atoms with Gasteiger partial charge in [-0.25, -0.2) is 4.98 Å². The van der Waals surface area contributed by atoms with Gasteiger partial charge < -0.3 is 15.2 Å². The molecule has 0 saturated heterocycles. The Morgan fingerprint density at radius 2 is 1.88 bits per heavy atom. The lowest BCUT2D eigenvalue weighted by atomic mass is 10.1. The molecule has 3 aromatic rings. The van der Waals surface area contributed by atoms with E-state index in [1.807, 2.05) is 30.0 Å². The van der Waals surface area contributed by atoms with E-state index in [-0.39, 0.29) is 5.56 Å². The Labute approximate surface area is 158 Å².